The van der Waals surface area contributed by atoms with Crippen LogP contribution in [0.2, 0.25) is 10.0 Å². The van der Waals surface area contributed by atoms with Crippen LogP contribution in [0.5, 0.6) is 0 Å². The second-order valence-electron chi connectivity index (χ2n) is 5.46. The van der Waals surface area contributed by atoms with E-state index in [1.54, 1.807) is 23.0 Å². The second-order valence-corrected chi connectivity index (χ2v) is 6.31. The van der Waals surface area contributed by atoms with Gasteiger partial charge in [0, 0.05) is 17.1 Å². The Balaban J connectivity index is 2.00. The standard InChI is InChI=1S/C16H16Cl2N2O/c17-13-6-7-15(14(18)8-13)20-9-12(10-21)16(19-20)11-4-2-1-3-5-11/h6-11H,1-5H2. The van der Waals surface area contributed by atoms with Crippen molar-refractivity contribution >= 4 is 29.5 Å². The molecule has 0 unspecified atom stereocenters. The van der Waals surface area contributed by atoms with Crippen LogP contribution in [0.1, 0.15) is 54.1 Å². The van der Waals surface area contributed by atoms with E-state index in [2.05, 4.69) is 5.10 Å². The molecule has 2 aromatic rings. The molecule has 1 aliphatic rings. The molecule has 1 aliphatic carbocycles. The first-order chi connectivity index (χ1) is 10.2. The Morgan fingerprint density at radius 1 is 1.19 bits per heavy atom. The Morgan fingerprint density at radius 2 is 1.95 bits per heavy atom. The van der Waals surface area contributed by atoms with Gasteiger partial charge in [0.2, 0.25) is 0 Å². The summed E-state index contributed by atoms with van der Waals surface area (Å²) in [5.41, 5.74) is 2.30. The van der Waals surface area contributed by atoms with Gasteiger partial charge in [-0.3, -0.25) is 4.79 Å². The number of hydrogen-bond donors (Lipinski definition) is 0. The Labute approximate surface area is 133 Å². The van der Waals surface area contributed by atoms with Crippen LogP contribution >= 0.6 is 23.2 Å². The lowest BCUT2D eigenvalue weighted by Crippen LogP contribution is -2.07. The maximum absolute atomic E-state index is 11.3. The molecule has 0 spiro atoms. The van der Waals surface area contributed by atoms with E-state index in [-0.39, 0.29) is 0 Å². The number of hydrogen-bond acceptors (Lipinski definition) is 2. The molecule has 1 fully saturated rings. The number of halogens is 2. The van der Waals surface area contributed by atoms with Crippen LogP contribution in [-0.4, -0.2) is 16.1 Å². The molecule has 1 aromatic carbocycles. The molecule has 0 bridgehead atoms. The summed E-state index contributed by atoms with van der Waals surface area (Å²) in [6.45, 7) is 0. The maximum atomic E-state index is 11.3. The van der Waals surface area contributed by atoms with Gasteiger partial charge in [-0.1, -0.05) is 42.5 Å². The number of nitrogens with zero attached hydrogens (tertiary/aromatic N) is 2. The molecule has 1 saturated carbocycles. The van der Waals surface area contributed by atoms with Gasteiger partial charge < -0.3 is 0 Å². The number of benzene rings is 1. The van der Waals surface area contributed by atoms with Crippen molar-refractivity contribution in [1.82, 2.24) is 9.78 Å². The summed E-state index contributed by atoms with van der Waals surface area (Å²) in [5, 5.41) is 5.73. The fraction of sp³-hybridized carbons (Fsp3) is 0.375. The molecule has 1 aromatic heterocycles. The molecule has 1 heterocycles. The minimum atomic E-state index is 0.381. The Bertz CT molecular complexity index is 660. The number of carbonyl (C=O) groups is 1. The fourth-order valence-electron chi connectivity index (χ4n) is 2.98. The van der Waals surface area contributed by atoms with Crippen LogP contribution in [0.25, 0.3) is 5.69 Å². The third kappa shape index (κ3) is 2.99. The predicted octanol–water partition coefficient (Wildman–Crippen LogP) is 5.04. The highest BCUT2D eigenvalue weighted by atomic mass is 35.5. The molecular formula is C16H16Cl2N2O. The average Bonchev–Trinajstić information content (AvgIpc) is 2.92. The largest absolute Gasteiger partial charge is 0.298 e. The Morgan fingerprint density at radius 3 is 2.62 bits per heavy atom. The number of rotatable bonds is 3. The van der Waals surface area contributed by atoms with Crippen LogP contribution in [-0.2, 0) is 0 Å². The van der Waals surface area contributed by atoms with Crippen molar-refractivity contribution in [3.8, 4) is 5.69 Å². The van der Waals surface area contributed by atoms with Crippen molar-refractivity contribution in [2.24, 2.45) is 0 Å². The van der Waals surface area contributed by atoms with E-state index in [0.29, 0.717) is 21.5 Å². The minimum Gasteiger partial charge on any atom is -0.298 e. The lowest BCUT2D eigenvalue weighted by molar-refractivity contribution is 0.112. The quantitative estimate of drug-likeness (QED) is 0.742. The van der Waals surface area contributed by atoms with Gasteiger partial charge in [-0.2, -0.15) is 5.10 Å². The molecule has 0 atom stereocenters. The normalized spacial score (nSPS) is 16.1. The summed E-state index contributed by atoms with van der Waals surface area (Å²) in [7, 11) is 0. The molecule has 3 rings (SSSR count). The third-order valence-electron chi connectivity index (χ3n) is 4.05. The molecule has 3 nitrogen and oxygen atoms in total. The third-order valence-corrected chi connectivity index (χ3v) is 4.59. The first-order valence-corrected chi connectivity index (χ1v) is 7.95. The van der Waals surface area contributed by atoms with E-state index >= 15 is 0 Å². The average molecular weight is 323 g/mol. The predicted molar refractivity (Wildman–Crippen MR) is 84.8 cm³/mol. The van der Waals surface area contributed by atoms with Crippen molar-refractivity contribution in [3.05, 3.63) is 45.7 Å². The molecule has 0 saturated heterocycles. The van der Waals surface area contributed by atoms with E-state index in [9.17, 15) is 4.79 Å². The van der Waals surface area contributed by atoms with Gasteiger partial charge in [-0.05, 0) is 31.0 Å². The SMILES string of the molecule is O=Cc1cn(-c2ccc(Cl)cc2Cl)nc1C1CCCCC1. The number of aromatic nitrogens is 2. The van der Waals surface area contributed by atoms with Gasteiger partial charge in [-0.25, -0.2) is 4.68 Å². The minimum absolute atomic E-state index is 0.381. The highest BCUT2D eigenvalue weighted by molar-refractivity contribution is 6.35. The molecule has 0 N–H and O–H groups in total. The van der Waals surface area contributed by atoms with Crippen molar-refractivity contribution in [2.75, 3.05) is 0 Å². The summed E-state index contributed by atoms with van der Waals surface area (Å²) < 4.78 is 1.69. The zero-order valence-electron chi connectivity index (χ0n) is 11.6. The zero-order chi connectivity index (χ0) is 14.8. The van der Waals surface area contributed by atoms with E-state index in [1.165, 1.54) is 19.3 Å². The van der Waals surface area contributed by atoms with Crippen molar-refractivity contribution in [1.29, 1.82) is 0 Å². The first-order valence-electron chi connectivity index (χ1n) is 7.19. The Hall–Kier alpha value is -1.32. The first kappa shape index (κ1) is 14.6. The summed E-state index contributed by atoms with van der Waals surface area (Å²) >= 11 is 12.1. The lowest BCUT2D eigenvalue weighted by atomic mass is 9.86. The monoisotopic (exact) mass is 322 g/mol. The summed E-state index contributed by atoms with van der Waals surface area (Å²) in [5.74, 6) is 0.381. The molecule has 0 aliphatic heterocycles. The molecule has 110 valence electrons. The van der Waals surface area contributed by atoms with Crippen LogP contribution in [0, 0.1) is 0 Å². The van der Waals surface area contributed by atoms with Gasteiger partial charge in [0.15, 0.2) is 6.29 Å². The summed E-state index contributed by atoms with van der Waals surface area (Å²) in [6, 6.07) is 5.27. The van der Waals surface area contributed by atoms with Gasteiger partial charge in [0.1, 0.15) is 0 Å². The zero-order valence-corrected chi connectivity index (χ0v) is 13.1. The van der Waals surface area contributed by atoms with Gasteiger partial charge >= 0.3 is 0 Å². The molecule has 0 amide bonds. The Kier molecular flexibility index (Phi) is 4.32. The van der Waals surface area contributed by atoms with E-state index in [4.69, 9.17) is 23.2 Å². The molecule has 0 radical (unpaired) electrons. The molecule has 21 heavy (non-hydrogen) atoms. The number of aldehydes is 1. The topological polar surface area (TPSA) is 34.9 Å². The van der Waals surface area contributed by atoms with E-state index in [1.807, 2.05) is 6.07 Å². The van der Waals surface area contributed by atoms with Crippen LogP contribution in [0.15, 0.2) is 24.4 Å². The van der Waals surface area contributed by atoms with Crippen molar-refractivity contribution in [2.45, 2.75) is 38.0 Å². The van der Waals surface area contributed by atoms with Crippen LogP contribution < -0.4 is 0 Å². The molecule has 5 heteroatoms. The van der Waals surface area contributed by atoms with Crippen molar-refractivity contribution in [3.63, 3.8) is 0 Å². The molecular weight excluding hydrogens is 307 g/mol. The highest BCUT2D eigenvalue weighted by Gasteiger charge is 2.22. The van der Waals surface area contributed by atoms with Crippen molar-refractivity contribution < 1.29 is 4.79 Å². The summed E-state index contributed by atoms with van der Waals surface area (Å²) in [4.78, 5) is 11.3. The second kappa shape index (κ2) is 6.20. The van der Waals surface area contributed by atoms with E-state index < -0.39 is 0 Å². The summed E-state index contributed by atoms with van der Waals surface area (Å²) in [6.07, 6.45) is 8.54. The number of carbonyl (C=O) groups excluding carboxylic acids is 1. The smallest absolute Gasteiger partial charge is 0.153 e. The van der Waals surface area contributed by atoms with Gasteiger partial charge in [0.25, 0.3) is 0 Å². The van der Waals surface area contributed by atoms with Gasteiger partial charge in [-0.15, -0.1) is 0 Å². The van der Waals surface area contributed by atoms with Crippen LogP contribution in [0.3, 0.4) is 0 Å². The maximum Gasteiger partial charge on any atom is 0.153 e. The van der Waals surface area contributed by atoms with Gasteiger partial charge in [0.05, 0.1) is 22.0 Å². The van der Waals surface area contributed by atoms with E-state index in [0.717, 1.165) is 30.5 Å². The highest BCUT2D eigenvalue weighted by Crippen LogP contribution is 2.34. The fourth-order valence-corrected chi connectivity index (χ4v) is 3.47. The van der Waals surface area contributed by atoms with Crippen LogP contribution in [0.4, 0.5) is 0 Å². The lowest BCUT2D eigenvalue weighted by Gasteiger charge is -2.20.